The Kier molecular flexibility index (Phi) is 18.1. The molecule has 0 saturated carbocycles. The lowest BCUT2D eigenvalue weighted by Crippen LogP contribution is -2.56. The average Bonchev–Trinajstić information content (AvgIpc) is 3.66. The monoisotopic (exact) mass is 900 g/mol. The van der Waals surface area contributed by atoms with Gasteiger partial charge in [-0.15, -0.1) is 0 Å². The van der Waals surface area contributed by atoms with Crippen LogP contribution in [0.3, 0.4) is 0 Å². The molecule has 2 aromatic carbocycles. The lowest BCUT2D eigenvalue weighted by molar-refractivity contribution is -0.140. The van der Waals surface area contributed by atoms with E-state index in [0.29, 0.717) is 16.8 Å². The number of carbonyl (C=O) groups is 7. The summed E-state index contributed by atoms with van der Waals surface area (Å²) in [5.74, 6) is -7.36. The lowest BCUT2D eigenvalue weighted by Gasteiger charge is -2.41. The van der Waals surface area contributed by atoms with Gasteiger partial charge in [-0.05, 0) is 66.3 Å². The number of nitrogens with one attached hydrogen (secondary N) is 4. The Labute approximate surface area is 376 Å². The van der Waals surface area contributed by atoms with Crippen LogP contribution in [0.1, 0.15) is 76.7 Å². The van der Waals surface area contributed by atoms with Gasteiger partial charge < -0.3 is 41.6 Å². The second-order valence-electron chi connectivity index (χ2n) is 17.0. The minimum atomic E-state index is -1.58. The number of aromatic nitrogens is 2. The van der Waals surface area contributed by atoms with Crippen molar-refractivity contribution < 1.29 is 47.4 Å². The van der Waals surface area contributed by atoms with Crippen molar-refractivity contribution in [2.45, 2.75) is 91.0 Å². The summed E-state index contributed by atoms with van der Waals surface area (Å²) in [7, 11) is 1.32. The highest BCUT2D eigenvalue weighted by Gasteiger charge is 2.38. The molecular formula is C47H58F2N8O8. The van der Waals surface area contributed by atoms with Crippen LogP contribution in [0.2, 0.25) is 0 Å². The van der Waals surface area contributed by atoms with Crippen LogP contribution in [-0.4, -0.2) is 99.1 Å². The molecule has 0 bridgehead atoms. The summed E-state index contributed by atoms with van der Waals surface area (Å²) in [6.45, 7) is 7.55. The molecule has 0 saturated heterocycles. The van der Waals surface area contributed by atoms with Crippen LogP contribution in [0.5, 0.6) is 0 Å². The third kappa shape index (κ3) is 14.6. The number of aliphatic hydroxyl groups is 1. The number of likely N-dealkylation sites (N-methyl/N-ethyl adjacent to an activating group) is 1. The van der Waals surface area contributed by atoms with Crippen molar-refractivity contribution in [3.8, 4) is 11.1 Å². The van der Waals surface area contributed by atoms with Crippen LogP contribution in [0.25, 0.3) is 11.1 Å². The van der Waals surface area contributed by atoms with Gasteiger partial charge >= 0.3 is 0 Å². The van der Waals surface area contributed by atoms with Crippen molar-refractivity contribution in [2.75, 3.05) is 20.2 Å². The zero-order valence-corrected chi connectivity index (χ0v) is 37.4. The minimum Gasteiger partial charge on any atom is -0.387 e. The van der Waals surface area contributed by atoms with E-state index in [9.17, 15) is 43.1 Å². The van der Waals surface area contributed by atoms with E-state index < -0.39 is 101 Å². The van der Waals surface area contributed by atoms with Crippen LogP contribution in [0.4, 0.5) is 8.78 Å². The lowest BCUT2D eigenvalue weighted by atomic mass is 9.82. The van der Waals surface area contributed by atoms with Crippen molar-refractivity contribution in [1.29, 1.82) is 0 Å². The summed E-state index contributed by atoms with van der Waals surface area (Å²) in [6.07, 6.45) is 3.50. The van der Waals surface area contributed by atoms with Crippen molar-refractivity contribution in [1.82, 2.24) is 35.7 Å². The molecule has 65 heavy (non-hydrogen) atoms. The summed E-state index contributed by atoms with van der Waals surface area (Å²) in [5, 5.41) is 20.4. The molecule has 16 nitrogen and oxygen atoms in total. The fourth-order valence-corrected chi connectivity index (χ4v) is 7.44. The van der Waals surface area contributed by atoms with Gasteiger partial charge in [-0.25, -0.2) is 8.78 Å². The molecule has 4 rings (SSSR count). The molecule has 0 spiro atoms. The first-order chi connectivity index (χ1) is 30.7. The normalized spacial score (nSPS) is 13.6. The third-order valence-corrected chi connectivity index (χ3v) is 10.7. The van der Waals surface area contributed by atoms with E-state index in [1.807, 2.05) is 55.7 Å². The highest BCUT2D eigenvalue weighted by atomic mass is 19.1. The van der Waals surface area contributed by atoms with E-state index in [0.717, 1.165) is 23.8 Å². The van der Waals surface area contributed by atoms with Gasteiger partial charge in [-0.1, -0.05) is 58.0 Å². The SMILES string of the molecule is CNC(=O)[C@H](CCN(C(=O)CO)[C@@H](c1cc(-c2cc(F)ccc2F)cn1Cc1ccccc1)C(C)(C)C)NC(=O)[C@H](CC(N)=O)NC(=O)[C@@H](C)CC(=O)[C@H](C)NC(=O)Cc1ccncc1. The molecule has 2 aromatic heterocycles. The van der Waals surface area contributed by atoms with Crippen molar-refractivity contribution in [3.63, 3.8) is 0 Å². The van der Waals surface area contributed by atoms with E-state index in [4.69, 9.17) is 5.73 Å². The average molecular weight is 901 g/mol. The number of ketones is 1. The number of hydrogen-bond donors (Lipinski definition) is 6. The fraction of sp³-hybridized carbons (Fsp3) is 0.404. The number of primary amides is 1. The molecule has 0 aliphatic carbocycles. The number of amides is 6. The number of nitrogens with zero attached hydrogens (tertiary/aromatic N) is 3. The predicted octanol–water partition coefficient (Wildman–Crippen LogP) is 3.11. The molecule has 0 aliphatic heterocycles. The molecule has 5 atom stereocenters. The molecule has 0 radical (unpaired) electrons. The Hall–Kier alpha value is -6.82. The number of hydrogen-bond acceptors (Lipinski definition) is 9. The summed E-state index contributed by atoms with van der Waals surface area (Å²) >= 11 is 0. The number of carbonyl (C=O) groups excluding carboxylic acids is 7. The van der Waals surface area contributed by atoms with E-state index >= 15 is 4.39 Å². The van der Waals surface area contributed by atoms with E-state index in [1.165, 1.54) is 38.2 Å². The van der Waals surface area contributed by atoms with Gasteiger partial charge in [0.05, 0.1) is 24.9 Å². The maximum absolute atomic E-state index is 15.2. The standard InChI is InChI=1S/C47H58F2N8O8/c1-28(20-39(59)29(2)53-41(61)21-30-14-17-52-18-15-30)44(63)55-37(24-40(50)60)46(65)54-36(45(64)51-6)16-19-57(42(62)27-58)43(47(3,4)5)38-22-32(34-23-33(48)12-13-35(34)49)26-56(38)25-31-10-8-7-9-11-31/h7-15,17-18,22-23,26,28-29,36-37,43,58H,16,19-21,24-25,27H2,1-6H3,(H2,50,60)(H,51,64)(H,53,61)(H,54,65)(H,55,63)/t28-,29-,36-,37-,43-/m0/s1. The topological polar surface area (TPSA) is 235 Å². The van der Waals surface area contributed by atoms with Crippen LogP contribution < -0.4 is 27.0 Å². The number of halogens is 2. The smallest absolute Gasteiger partial charge is 0.248 e. The summed E-state index contributed by atoms with van der Waals surface area (Å²) < 4.78 is 31.5. The maximum atomic E-state index is 15.2. The highest BCUT2D eigenvalue weighted by Crippen LogP contribution is 2.41. The summed E-state index contributed by atoms with van der Waals surface area (Å²) in [6, 6.07) is 12.6. The Bertz CT molecular complexity index is 2320. The maximum Gasteiger partial charge on any atom is 0.248 e. The zero-order chi connectivity index (χ0) is 48.0. The molecule has 4 aromatic rings. The van der Waals surface area contributed by atoms with Crippen LogP contribution >= 0.6 is 0 Å². The van der Waals surface area contributed by atoms with Crippen LogP contribution in [-0.2, 0) is 46.5 Å². The molecule has 6 amide bonds. The Morgan fingerprint density at radius 3 is 2.11 bits per heavy atom. The highest BCUT2D eigenvalue weighted by molar-refractivity contribution is 5.96. The van der Waals surface area contributed by atoms with Gasteiger partial charge in [0.1, 0.15) is 30.3 Å². The number of nitrogens with two attached hydrogens (primary N) is 1. The number of benzene rings is 2. The van der Waals surface area contributed by atoms with Gasteiger partial charge in [0.2, 0.25) is 35.4 Å². The van der Waals surface area contributed by atoms with Gasteiger partial charge in [0.25, 0.3) is 0 Å². The van der Waals surface area contributed by atoms with Gasteiger partial charge in [0.15, 0.2) is 5.78 Å². The Balaban J connectivity index is 1.56. The van der Waals surface area contributed by atoms with E-state index in [1.54, 1.807) is 24.4 Å². The van der Waals surface area contributed by atoms with Crippen molar-refractivity contribution in [2.24, 2.45) is 17.1 Å². The zero-order valence-electron chi connectivity index (χ0n) is 37.4. The molecule has 18 heteroatoms. The quantitative estimate of drug-likeness (QED) is 0.0679. The van der Waals surface area contributed by atoms with E-state index in [-0.39, 0.29) is 37.9 Å². The molecule has 348 valence electrons. The minimum absolute atomic E-state index is 0.00811. The van der Waals surface area contributed by atoms with E-state index in [2.05, 4.69) is 26.3 Å². The van der Waals surface area contributed by atoms with Crippen LogP contribution in [0, 0.1) is 23.0 Å². The first-order valence-corrected chi connectivity index (χ1v) is 21.1. The second-order valence-corrected chi connectivity index (χ2v) is 17.0. The number of aliphatic hydroxyl groups excluding tert-OH is 1. The van der Waals surface area contributed by atoms with Gasteiger partial charge in [-0.3, -0.25) is 38.5 Å². The summed E-state index contributed by atoms with van der Waals surface area (Å²) in [5.41, 5.74) is 7.03. The number of Topliss-reactive ketones (excluding diaryl/α,β-unsaturated/α-hetero) is 1. The largest absolute Gasteiger partial charge is 0.387 e. The molecule has 0 aliphatic rings. The fourth-order valence-electron chi connectivity index (χ4n) is 7.44. The van der Waals surface area contributed by atoms with Gasteiger partial charge in [-0.2, -0.15) is 0 Å². The number of rotatable bonds is 22. The third-order valence-electron chi connectivity index (χ3n) is 10.7. The van der Waals surface area contributed by atoms with Crippen molar-refractivity contribution >= 4 is 41.2 Å². The van der Waals surface area contributed by atoms with Gasteiger partial charge in [0, 0.05) is 67.9 Å². The molecule has 0 unspecified atom stereocenters. The molecular weight excluding hydrogens is 843 g/mol. The molecule has 7 N–H and O–H groups in total. The summed E-state index contributed by atoms with van der Waals surface area (Å²) in [4.78, 5) is 97.2. The molecule has 2 heterocycles. The molecule has 0 fully saturated rings. The predicted molar refractivity (Wildman–Crippen MR) is 237 cm³/mol. The second kappa shape index (κ2) is 23.2. The van der Waals surface area contributed by atoms with Crippen LogP contribution in [0.15, 0.2) is 85.3 Å². The van der Waals surface area contributed by atoms with Crippen molar-refractivity contribution in [3.05, 3.63) is 114 Å². The Morgan fingerprint density at radius 1 is 0.831 bits per heavy atom. The Morgan fingerprint density at radius 2 is 1.49 bits per heavy atom. The number of pyridine rings is 1. The first-order valence-electron chi connectivity index (χ1n) is 21.1. The first kappa shape index (κ1) is 50.8.